The van der Waals surface area contributed by atoms with Crippen molar-refractivity contribution >= 4 is 34.7 Å². The van der Waals surface area contributed by atoms with Crippen molar-refractivity contribution in [2.75, 3.05) is 5.32 Å². The highest BCUT2D eigenvalue weighted by molar-refractivity contribution is 6.33. The van der Waals surface area contributed by atoms with Gasteiger partial charge >= 0.3 is 0 Å². The summed E-state index contributed by atoms with van der Waals surface area (Å²) in [6.07, 6.45) is 0. The molecule has 0 radical (unpaired) electrons. The minimum Gasteiger partial charge on any atom is -0.337 e. The van der Waals surface area contributed by atoms with Gasteiger partial charge in [-0.05, 0) is 49.6 Å². The van der Waals surface area contributed by atoms with Gasteiger partial charge < -0.3 is 5.32 Å². The topological polar surface area (TPSA) is 37.8 Å². The van der Waals surface area contributed by atoms with E-state index in [4.69, 9.17) is 23.2 Å². The zero-order valence-electron chi connectivity index (χ0n) is 10.4. The monoisotopic (exact) mass is 281 g/mol. The Morgan fingerprint density at radius 3 is 2.39 bits per heavy atom. The summed E-state index contributed by atoms with van der Waals surface area (Å²) in [6, 6.07) is 5.80. The van der Waals surface area contributed by atoms with Crippen LogP contribution in [0.15, 0.2) is 18.2 Å². The number of aryl methyl sites for hydroxylation is 1. The largest absolute Gasteiger partial charge is 0.337 e. The van der Waals surface area contributed by atoms with Crippen LogP contribution < -0.4 is 5.32 Å². The van der Waals surface area contributed by atoms with Crippen molar-refractivity contribution in [1.82, 2.24) is 10.2 Å². The van der Waals surface area contributed by atoms with Crippen LogP contribution >= 0.6 is 23.2 Å². The fourth-order valence-corrected chi connectivity index (χ4v) is 2.01. The van der Waals surface area contributed by atoms with Crippen LogP contribution in [0.25, 0.3) is 0 Å². The quantitative estimate of drug-likeness (QED) is 0.884. The zero-order valence-corrected chi connectivity index (χ0v) is 11.9. The van der Waals surface area contributed by atoms with Gasteiger partial charge in [-0.25, -0.2) is 0 Å². The minimum atomic E-state index is 0.424. The molecule has 0 atom stereocenters. The molecule has 0 aliphatic rings. The summed E-state index contributed by atoms with van der Waals surface area (Å²) >= 11 is 12.1. The lowest BCUT2D eigenvalue weighted by atomic mass is 10.2. The van der Waals surface area contributed by atoms with Gasteiger partial charge in [-0.15, -0.1) is 10.2 Å². The van der Waals surface area contributed by atoms with Gasteiger partial charge in [-0.3, -0.25) is 0 Å². The second kappa shape index (κ2) is 5.12. The first-order chi connectivity index (χ1) is 8.49. The van der Waals surface area contributed by atoms with Crippen LogP contribution in [0.3, 0.4) is 0 Å². The van der Waals surface area contributed by atoms with E-state index in [1.807, 2.05) is 39.0 Å². The van der Waals surface area contributed by atoms with Gasteiger partial charge in [0.15, 0.2) is 11.0 Å². The lowest BCUT2D eigenvalue weighted by molar-refractivity contribution is 1.00. The van der Waals surface area contributed by atoms with Gasteiger partial charge in [-0.2, -0.15) is 0 Å². The van der Waals surface area contributed by atoms with E-state index in [2.05, 4.69) is 15.5 Å². The highest BCUT2D eigenvalue weighted by Crippen LogP contribution is 2.28. The third-order valence-corrected chi connectivity index (χ3v) is 3.51. The Labute approximate surface area is 116 Å². The fourth-order valence-electron chi connectivity index (χ4n) is 1.54. The maximum absolute atomic E-state index is 6.17. The number of anilines is 2. The van der Waals surface area contributed by atoms with E-state index in [0.29, 0.717) is 16.0 Å². The fraction of sp³-hybridized carbons (Fsp3) is 0.231. The molecule has 0 aliphatic heterocycles. The van der Waals surface area contributed by atoms with Crippen molar-refractivity contribution < 1.29 is 0 Å². The second-order valence-corrected chi connectivity index (χ2v) is 4.96. The van der Waals surface area contributed by atoms with Crippen molar-refractivity contribution in [1.29, 1.82) is 0 Å². The lowest BCUT2D eigenvalue weighted by Gasteiger charge is -2.11. The van der Waals surface area contributed by atoms with Gasteiger partial charge in [0.25, 0.3) is 0 Å². The van der Waals surface area contributed by atoms with Crippen LogP contribution in [0.5, 0.6) is 0 Å². The average molecular weight is 282 g/mol. The average Bonchev–Trinajstić information content (AvgIpc) is 2.33. The van der Waals surface area contributed by atoms with Crippen LogP contribution in [0.1, 0.15) is 16.7 Å². The van der Waals surface area contributed by atoms with Crippen LogP contribution in [-0.4, -0.2) is 10.2 Å². The molecule has 0 fully saturated rings. The highest BCUT2D eigenvalue weighted by atomic mass is 35.5. The molecule has 0 saturated heterocycles. The minimum absolute atomic E-state index is 0.424. The third kappa shape index (κ3) is 2.57. The summed E-state index contributed by atoms with van der Waals surface area (Å²) in [5.74, 6) is 0.669. The molecular weight excluding hydrogens is 269 g/mol. The number of nitrogens with zero attached hydrogens (tertiary/aromatic N) is 2. The Morgan fingerprint density at radius 2 is 1.72 bits per heavy atom. The second-order valence-electron chi connectivity index (χ2n) is 4.20. The molecule has 0 unspecified atom stereocenters. The number of benzene rings is 1. The van der Waals surface area contributed by atoms with Crippen molar-refractivity contribution in [2.45, 2.75) is 20.8 Å². The van der Waals surface area contributed by atoms with Crippen molar-refractivity contribution in [3.63, 3.8) is 0 Å². The molecule has 1 N–H and O–H groups in total. The number of halogens is 2. The Balaban J connectivity index is 2.37. The summed E-state index contributed by atoms with van der Waals surface area (Å²) in [5, 5.41) is 12.2. The Kier molecular flexibility index (Phi) is 3.73. The van der Waals surface area contributed by atoms with Crippen LogP contribution in [0.4, 0.5) is 11.5 Å². The summed E-state index contributed by atoms with van der Waals surface area (Å²) < 4.78 is 0. The lowest BCUT2D eigenvalue weighted by Crippen LogP contribution is -2.01. The summed E-state index contributed by atoms with van der Waals surface area (Å²) in [5.41, 5.74) is 3.80. The highest BCUT2D eigenvalue weighted by Gasteiger charge is 2.09. The molecule has 0 saturated carbocycles. The molecule has 1 aromatic carbocycles. The van der Waals surface area contributed by atoms with Crippen LogP contribution in [0, 0.1) is 20.8 Å². The van der Waals surface area contributed by atoms with E-state index in [1.54, 1.807) is 0 Å². The number of aromatic nitrogens is 2. The van der Waals surface area contributed by atoms with Gasteiger partial charge in [0.2, 0.25) is 0 Å². The van der Waals surface area contributed by atoms with E-state index in [1.165, 1.54) is 0 Å². The van der Waals surface area contributed by atoms with Crippen LogP contribution in [0.2, 0.25) is 10.2 Å². The number of nitrogens with one attached hydrogen (secondary N) is 1. The number of rotatable bonds is 2. The zero-order chi connectivity index (χ0) is 13.3. The van der Waals surface area contributed by atoms with Crippen molar-refractivity contribution in [3.8, 4) is 0 Å². The molecule has 0 spiro atoms. The van der Waals surface area contributed by atoms with Gasteiger partial charge in [0.05, 0.1) is 10.7 Å². The summed E-state index contributed by atoms with van der Waals surface area (Å²) in [4.78, 5) is 0. The number of hydrogen-bond donors (Lipinski definition) is 1. The van der Waals surface area contributed by atoms with E-state index < -0.39 is 0 Å². The smallest absolute Gasteiger partial charge is 0.156 e. The van der Waals surface area contributed by atoms with E-state index >= 15 is 0 Å². The molecule has 2 rings (SSSR count). The summed E-state index contributed by atoms with van der Waals surface area (Å²) in [6.45, 7) is 5.85. The van der Waals surface area contributed by atoms with Gasteiger partial charge in [0, 0.05) is 0 Å². The Hall–Kier alpha value is -1.32. The molecule has 1 aromatic heterocycles. The normalized spacial score (nSPS) is 10.5. The van der Waals surface area contributed by atoms with Crippen molar-refractivity contribution in [3.05, 3.63) is 45.1 Å². The van der Waals surface area contributed by atoms with Crippen LogP contribution in [-0.2, 0) is 0 Å². The predicted molar refractivity (Wildman–Crippen MR) is 76.0 cm³/mol. The first-order valence-corrected chi connectivity index (χ1v) is 6.27. The maximum Gasteiger partial charge on any atom is 0.156 e. The van der Waals surface area contributed by atoms with Crippen molar-refractivity contribution in [2.24, 2.45) is 0 Å². The number of hydrogen-bond acceptors (Lipinski definition) is 3. The van der Waals surface area contributed by atoms with Gasteiger partial charge in [0.1, 0.15) is 0 Å². The SMILES string of the molecule is Cc1ccc(Nc2nnc(Cl)c(C)c2C)c(Cl)c1. The van der Waals surface area contributed by atoms with Gasteiger partial charge in [-0.1, -0.05) is 29.3 Å². The molecule has 3 nitrogen and oxygen atoms in total. The molecule has 1 heterocycles. The molecule has 0 aliphatic carbocycles. The Bertz CT molecular complexity index is 597. The van der Waals surface area contributed by atoms with E-state index in [-0.39, 0.29) is 0 Å². The molecular formula is C13H13Cl2N3. The standard InChI is InChI=1S/C13H13Cl2N3/c1-7-4-5-11(10(14)6-7)16-13-9(3)8(2)12(15)17-18-13/h4-6H,1-3H3,(H,16,18). The molecule has 2 aromatic rings. The molecule has 18 heavy (non-hydrogen) atoms. The first kappa shape index (κ1) is 13.1. The maximum atomic E-state index is 6.17. The Morgan fingerprint density at radius 1 is 1.00 bits per heavy atom. The third-order valence-electron chi connectivity index (χ3n) is 2.84. The molecule has 5 heteroatoms. The molecule has 0 amide bonds. The molecule has 94 valence electrons. The summed E-state index contributed by atoms with van der Waals surface area (Å²) in [7, 11) is 0. The van der Waals surface area contributed by atoms with E-state index in [0.717, 1.165) is 22.4 Å². The first-order valence-electron chi connectivity index (χ1n) is 5.51. The van der Waals surface area contributed by atoms with E-state index in [9.17, 15) is 0 Å². The molecule has 0 bridgehead atoms. The predicted octanol–water partition coefficient (Wildman–Crippen LogP) is 4.45.